The second kappa shape index (κ2) is 5.10. The van der Waals surface area contributed by atoms with Gasteiger partial charge in [0.2, 0.25) is 0 Å². The van der Waals surface area contributed by atoms with Crippen LogP contribution in [0.25, 0.3) is 0 Å². The van der Waals surface area contributed by atoms with Crippen LogP contribution in [0.5, 0.6) is 0 Å². The lowest BCUT2D eigenvalue weighted by Crippen LogP contribution is -2.14. The third kappa shape index (κ3) is 2.91. The van der Waals surface area contributed by atoms with Crippen molar-refractivity contribution in [2.75, 3.05) is 0 Å². The molecule has 2 rings (SSSR count). The molecule has 2 aromatic rings. The summed E-state index contributed by atoms with van der Waals surface area (Å²) in [4.78, 5) is 4.45. The molecular weight excluding hydrogens is 212 g/mol. The molecule has 4 heteroatoms. The Morgan fingerprint density at radius 1 is 1.18 bits per heavy atom. The molecule has 0 fully saturated rings. The highest BCUT2D eigenvalue weighted by Crippen LogP contribution is 2.08. The second-order valence-electron chi connectivity index (χ2n) is 4.29. The number of pyridine rings is 1. The second-order valence-corrected chi connectivity index (χ2v) is 4.29. The van der Waals surface area contributed by atoms with Gasteiger partial charge in [0.15, 0.2) is 0 Å². The topological polar surface area (TPSA) is 53.6 Å². The standard InChI is InChI=1S/C13H18N4/c1-9-5-4-6-12(15-9)7-14-8-13-10(2)16-17-11(13)3/h4-6,14H,7-8H2,1-3H3,(H,16,17). The highest BCUT2D eigenvalue weighted by molar-refractivity contribution is 5.22. The van der Waals surface area contributed by atoms with Crippen molar-refractivity contribution in [1.29, 1.82) is 0 Å². The molecule has 2 heterocycles. The number of aromatic amines is 1. The molecule has 4 nitrogen and oxygen atoms in total. The van der Waals surface area contributed by atoms with Crippen LogP contribution < -0.4 is 5.32 Å². The molecule has 0 aliphatic carbocycles. The van der Waals surface area contributed by atoms with Gasteiger partial charge in [-0.3, -0.25) is 10.1 Å². The van der Waals surface area contributed by atoms with Crippen LogP contribution in [-0.2, 0) is 13.1 Å². The maximum Gasteiger partial charge on any atom is 0.0638 e. The normalized spacial score (nSPS) is 10.8. The quantitative estimate of drug-likeness (QED) is 0.845. The van der Waals surface area contributed by atoms with Crippen molar-refractivity contribution < 1.29 is 0 Å². The first-order valence-corrected chi connectivity index (χ1v) is 5.80. The van der Waals surface area contributed by atoms with Gasteiger partial charge >= 0.3 is 0 Å². The van der Waals surface area contributed by atoms with E-state index in [2.05, 4.69) is 20.5 Å². The molecule has 0 saturated heterocycles. The van der Waals surface area contributed by atoms with Crippen molar-refractivity contribution in [3.8, 4) is 0 Å². The molecule has 0 unspecified atom stereocenters. The molecule has 0 aliphatic heterocycles. The van der Waals surface area contributed by atoms with Crippen molar-refractivity contribution >= 4 is 0 Å². The summed E-state index contributed by atoms with van der Waals surface area (Å²) in [5.41, 5.74) is 5.57. The van der Waals surface area contributed by atoms with Gasteiger partial charge in [-0.1, -0.05) is 6.07 Å². The highest BCUT2D eigenvalue weighted by Gasteiger charge is 2.05. The molecule has 0 atom stereocenters. The van der Waals surface area contributed by atoms with Crippen LogP contribution in [0.4, 0.5) is 0 Å². The van der Waals surface area contributed by atoms with Crippen molar-refractivity contribution in [3.63, 3.8) is 0 Å². The molecule has 0 saturated carbocycles. The minimum atomic E-state index is 0.783. The first kappa shape index (κ1) is 11.8. The molecule has 0 spiro atoms. The van der Waals surface area contributed by atoms with Crippen LogP contribution in [0.15, 0.2) is 18.2 Å². The summed E-state index contributed by atoms with van der Waals surface area (Å²) < 4.78 is 0. The first-order valence-electron chi connectivity index (χ1n) is 5.80. The smallest absolute Gasteiger partial charge is 0.0638 e. The minimum Gasteiger partial charge on any atom is -0.307 e. The largest absolute Gasteiger partial charge is 0.307 e. The number of H-pyrrole nitrogens is 1. The van der Waals surface area contributed by atoms with Crippen LogP contribution in [-0.4, -0.2) is 15.2 Å². The third-order valence-corrected chi connectivity index (χ3v) is 2.83. The van der Waals surface area contributed by atoms with Crippen molar-refractivity contribution in [2.45, 2.75) is 33.9 Å². The molecule has 0 aromatic carbocycles. The van der Waals surface area contributed by atoms with Crippen LogP contribution in [0.2, 0.25) is 0 Å². The lowest BCUT2D eigenvalue weighted by Gasteiger charge is -2.05. The van der Waals surface area contributed by atoms with Crippen LogP contribution >= 0.6 is 0 Å². The van der Waals surface area contributed by atoms with E-state index in [4.69, 9.17) is 0 Å². The Morgan fingerprint density at radius 3 is 2.65 bits per heavy atom. The Labute approximate surface area is 101 Å². The number of rotatable bonds is 4. The molecule has 2 aromatic heterocycles. The molecular formula is C13H18N4. The molecule has 90 valence electrons. The highest BCUT2D eigenvalue weighted by atomic mass is 15.1. The maximum absolute atomic E-state index is 4.45. The van der Waals surface area contributed by atoms with E-state index in [0.717, 1.165) is 35.9 Å². The van der Waals surface area contributed by atoms with Crippen LogP contribution in [0, 0.1) is 20.8 Å². The molecule has 0 amide bonds. The van der Waals surface area contributed by atoms with Crippen molar-refractivity contribution in [1.82, 2.24) is 20.5 Å². The fourth-order valence-electron chi connectivity index (χ4n) is 1.85. The first-order chi connectivity index (χ1) is 8.16. The number of aryl methyl sites for hydroxylation is 3. The average molecular weight is 230 g/mol. The predicted octanol–water partition coefficient (Wildman–Crippen LogP) is 2.02. The lowest BCUT2D eigenvalue weighted by atomic mass is 10.2. The van der Waals surface area contributed by atoms with Crippen LogP contribution in [0.3, 0.4) is 0 Å². The molecule has 0 bridgehead atoms. The van der Waals surface area contributed by atoms with Gasteiger partial charge in [0, 0.05) is 30.0 Å². The number of hydrogen-bond acceptors (Lipinski definition) is 3. The average Bonchev–Trinajstić information content (AvgIpc) is 2.61. The monoisotopic (exact) mass is 230 g/mol. The Hall–Kier alpha value is -1.68. The summed E-state index contributed by atoms with van der Waals surface area (Å²) in [5.74, 6) is 0. The summed E-state index contributed by atoms with van der Waals surface area (Å²) in [6.45, 7) is 7.68. The SMILES string of the molecule is Cc1cccc(CNCc2c(C)n[nH]c2C)n1. The van der Waals surface area contributed by atoms with Gasteiger partial charge in [-0.05, 0) is 32.9 Å². The van der Waals surface area contributed by atoms with E-state index in [0.29, 0.717) is 0 Å². The summed E-state index contributed by atoms with van der Waals surface area (Å²) in [7, 11) is 0. The fourth-order valence-corrected chi connectivity index (χ4v) is 1.85. The van der Waals surface area contributed by atoms with E-state index in [1.54, 1.807) is 0 Å². The number of aromatic nitrogens is 3. The van der Waals surface area contributed by atoms with E-state index in [1.165, 1.54) is 5.56 Å². The van der Waals surface area contributed by atoms with Gasteiger partial charge in [0.05, 0.1) is 11.4 Å². The van der Waals surface area contributed by atoms with Gasteiger partial charge < -0.3 is 5.32 Å². The Kier molecular flexibility index (Phi) is 3.54. The summed E-state index contributed by atoms with van der Waals surface area (Å²) in [6.07, 6.45) is 0. The zero-order chi connectivity index (χ0) is 12.3. The van der Waals surface area contributed by atoms with Gasteiger partial charge in [0.25, 0.3) is 0 Å². The Morgan fingerprint density at radius 2 is 2.00 bits per heavy atom. The number of nitrogens with one attached hydrogen (secondary N) is 2. The van der Waals surface area contributed by atoms with Gasteiger partial charge in [0.1, 0.15) is 0 Å². The predicted molar refractivity (Wildman–Crippen MR) is 67.6 cm³/mol. The summed E-state index contributed by atoms with van der Waals surface area (Å²) >= 11 is 0. The number of nitrogens with zero attached hydrogens (tertiary/aromatic N) is 2. The van der Waals surface area contributed by atoms with Gasteiger partial charge in [-0.2, -0.15) is 5.10 Å². The lowest BCUT2D eigenvalue weighted by molar-refractivity contribution is 0.673. The molecule has 17 heavy (non-hydrogen) atoms. The van der Waals surface area contributed by atoms with Crippen molar-refractivity contribution in [3.05, 3.63) is 46.5 Å². The van der Waals surface area contributed by atoms with Crippen molar-refractivity contribution in [2.24, 2.45) is 0 Å². The van der Waals surface area contributed by atoms with Gasteiger partial charge in [-0.25, -0.2) is 0 Å². The van der Waals surface area contributed by atoms with Gasteiger partial charge in [-0.15, -0.1) is 0 Å². The van der Waals surface area contributed by atoms with Crippen LogP contribution in [0.1, 0.15) is 28.3 Å². The van der Waals surface area contributed by atoms with E-state index in [9.17, 15) is 0 Å². The zero-order valence-corrected chi connectivity index (χ0v) is 10.5. The zero-order valence-electron chi connectivity index (χ0n) is 10.5. The molecule has 0 aliphatic rings. The molecule has 0 radical (unpaired) electrons. The Bertz CT molecular complexity index is 482. The third-order valence-electron chi connectivity index (χ3n) is 2.83. The maximum atomic E-state index is 4.45. The van der Waals surface area contributed by atoms with E-state index < -0.39 is 0 Å². The summed E-state index contributed by atoms with van der Waals surface area (Å²) in [6, 6.07) is 6.08. The van der Waals surface area contributed by atoms with E-state index >= 15 is 0 Å². The fraction of sp³-hybridized carbons (Fsp3) is 0.385. The van der Waals surface area contributed by atoms with E-state index in [-0.39, 0.29) is 0 Å². The minimum absolute atomic E-state index is 0.783. The molecule has 2 N–H and O–H groups in total. The Balaban J connectivity index is 1.92. The van der Waals surface area contributed by atoms with E-state index in [1.807, 2.05) is 39.0 Å². The number of hydrogen-bond donors (Lipinski definition) is 2. The summed E-state index contributed by atoms with van der Waals surface area (Å²) in [5, 5.41) is 10.6.